The van der Waals surface area contributed by atoms with Crippen molar-refractivity contribution < 1.29 is 29.0 Å². The van der Waals surface area contributed by atoms with Crippen molar-refractivity contribution in [2.45, 2.75) is 32.1 Å². The Labute approximate surface area is 212 Å². The minimum Gasteiger partial charge on any atom is -0.497 e. The Morgan fingerprint density at radius 3 is 2.62 bits per heavy atom. The molecule has 1 aliphatic heterocycles. The minimum atomic E-state index is -0.960. The maximum Gasteiger partial charge on any atom is 0.303 e. The molecule has 0 saturated heterocycles. The largest absolute Gasteiger partial charge is 0.497 e. The fourth-order valence-corrected chi connectivity index (χ4v) is 4.81. The number of Topliss-reactive ketones (excluding diaryl/α,β-unsaturated/α-hetero) is 1. The van der Waals surface area contributed by atoms with E-state index in [0.717, 1.165) is 12.1 Å². The molecular weight excluding hydrogens is 474 g/mol. The summed E-state index contributed by atoms with van der Waals surface area (Å²) in [4.78, 5) is 52.8. The number of rotatable bonds is 7. The number of carboxylic acid groups (broad SMARTS) is 1. The van der Waals surface area contributed by atoms with E-state index in [4.69, 9.17) is 4.74 Å². The summed E-state index contributed by atoms with van der Waals surface area (Å²) in [6.45, 7) is 0. The second-order valence-electron chi connectivity index (χ2n) is 9.00. The van der Waals surface area contributed by atoms with Crippen molar-refractivity contribution in [2.75, 3.05) is 17.7 Å². The van der Waals surface area contributed by atoms with Gasteiger partial charge in [-0.3, -0.25) is 19.2 Å². The summed E-state index contributed by atoms with van der Waals surface area (Å²) in [6.07, 6.45) is 3.55. The van der Waals surface area contributed by atoms with Crippen molar-refractivity contribution in [3.05, 3.63) is 76.1 Å². The number of H-pyrrole nitrogens is 1. The Bertz CT molecular complexity index is 1470. The Morgan fingerprint density at radius 1 is 1.11 bits per heavy atom. The molecule has 2 amide bonds. The molecule has 0 radical (unpaired) electrons. The fraction of sp³-hybridized carbons (Fsp3) is 0.214. The predicted molar refractivity (Wildman–Crippen MR) is 138 cm³/mol. The number of ketones is 1. The molecule has 5 rings (SSSR count). The summed E-state index contributed by atoms with van der Waals surface area (Å²) in [5.74, 6) is -0.960. The van der Waals surface area contributed by atoms with Crippen LogP contribution in [-0.2, 0) is 22.4 Å². The first-order chi connectivity index (χ1) is 17.8. The van der Waals surface area contributed by atoms with Gasteiger partial charge in [-0.25, -0.2) is 0 Å². The van der Waals surface area contributed by atoms with Crippen molar-refractivity contribution in [1.29, 1.82) is 0 Å². The molecular formula is C28H25N3O6. The molecule has 0 fully saturated rings. The molecule has 9 heteroatoms. The summed E-state index contributed by atoms with van der Waals surface area (Å²) < 4.78 is 5.13. The van der Waals surface area contributed by atoms with E-state index in [0.29, 0.717) is 63.5 Å². The fourth-order valence-electron chi connectivity index (χ4n) is 4.81. The van der Waals surface area contributed by atoms with E-state index in [1.54, 1.807) is 55.7 Å². The molecule has 37 heavy (non-hydrogen) atoms. The maximum absolute atomic E-state index is 12.9. The van der Waals surface area contributed by atoms with Gasteiger partial charge in [0.25, 0.3) is 11.8 Å². The van der Waals surface area contributed by atoms with E-state index < -0.39 is 5.97 Å². The lowest BCUT2D eigenvalue weighted by molar-refractivity contribution is -0.137. The zero-order valence-electron chi connectivity index (χ0n) is 20.1. The molecule has 0 bridgehead atoms. The molecule has 188 valence electrons. The standard InChI is InChI=1S/C28H25N3O6/c1-37-17-8-5-15(6-9-17)27(35)29-16-7-11-21-19(13-16)20(28(36)31-21)14-23-18(10-12-25(33)34)26-22(30-23)3-2-4-24(26)32/h5-9,11,13-14,30H,2-4,10,12H2,1H3,(H,29,35)(H,31,36)(H,33,34). The van der Waals surface area contributed by atoms with Crippen LogP contribution in [0.25, 0.3) is 11.6 Å². The van der Waals surface area contributed by atoms with Gasteiger partial charge in [0.2, 0.25) is 0 Å². The van der Waals surface area contributed by atoms with Crippen LogP contribution < -0.4 is 15.4 Å². The van der Waals surface area contributed by atoms with E-state index in [-0.39, 0.29) is 30.4 Å². The number of aliphatic carboxylic acids is 1. The van der Waals surface area contributed by atoms with Crippen molar-refractivity contribution in [2.24, 2.45) is 0 Å². The highest BCUT2D eigenvalue weighted by Gasteiger charge is 2.29. The smallest absolute Gasteiger partial charge is 0.303 e. The molecule has 2 aromatic carbocycles. The number of anilines is 2. The van der Waals surface area contributed by atoms with Gasteiger partial charge in [-0.2, -0.15) is 0 Å². The average molecular weight is 500 g/mol. The van der Waals surface area contributed by atoms with E-state index in [1.807, 2.05) is 0 Å². The number of carbonyl (C=O) groups is 4. The third-order valence-electron chi connectivity index (χ3n) is 6.61. The number of aryl methyl sites for hydroxylation is 1. The number of carboxylic acids is 1. The number of aromatic nitrogens is 1. The first-order valence-electron chi connectivity index (χ1n) is 12.0. The molecule has 0 unspecified atom stereocenters. The summed E-state index contributed by atoms with van der Waals surface area (Å²) in [7, 11) is 1.55. The van der Waals surface area contributed by atoms with Crippen LogP contribution in [0.3, 0.4) is 0 Å². The second kappa shape index (κ2) is 9.77. The molecule has 9 nitrogen and oxygen atoms in total. The molecule has 1 aliphatic carbocycles. The van der Waals surface area contributed by atoms with Crippen LogP contribution in [0.1, 0.15) is 62.5 Å². The summed E-state index contributed by atoms with van der Waals surface area (Å²) >= 11 is 0. The first kappa shape index (κ1) is 24.1. The zero-order valence-corrected chi connectivity index (χ0v) is 20.1. The summed E-state index contributed by atoms with van der Waals surface area (Å²) in [6, 6.07) is 11.8. The third kappa shape index (κ3) is 4.75. The number of methoxy groups -OCH3 is 1. The average Bonchev–Trinajstić information content (AvgIpc) is 3.40. The van der Waals surface area contributed by atoms with E-state index in [2.05, 4.69) is 15.6 Å². The number of aromatic amines is 1. The highest BCUT2D eigenvalue weighted by Crippen LogP contribution is 2.37. The molecule has 0 saturated carbocycles. The summed E-state index contributed by atoms with van der Waals surface area (Å²) in [5.41, 5.74) is 5.04. The second-order valence-corrected chi connectivity index (χ2v) is 9.00. The van der Waals surface area contributed by atoms with Gasteiger partial charge in [-0.1, -0.05) is 0 Å². The minimum absolute atomic E-state index is 0.0117. The predicted octanol–water partition coefficient (Wildman–Crippen LogP) is 4.30. The SMILES string of the molecule is COc1ccc(C(=O)Nc2ccc3c(c2)C(=Cc2[nH]c4c(c2CCC(=O)O)C(=O)CCC4)C(=O)N3)cc1. The summed E-state index contributed by atoms with van der Waals surface area (Å²) in [5, 5.41) is 14.9. The van der Waals surface area contributed by atoms with Gasteiger partial charge in [0.05, 0.1) is 12.7 Å². The number of ether oxygens (including phenoxy) is 1. The number of nitrogens with one attached hydrogen (secondary N) is 3. The zero-order chi connectivity index (χ0) is 26.1. The molecule has 2 heterocycles. The van der Waals surface area contributed by atoms with Gasteiger partial charge in [0.15, 0.2) is 5.78 Å². The Hall–Kier alpha value is -4.66. The van der Waals surface area contributed by atoms with Crippen molar-refractivity contribution in [3.63, 3.8) is 0 Å². The molecule has 2 aliphatic rings. The normalized spacial score (nSPS) is 15.2. The first-order valence-corrected chi connectivity index (χ1v) is 12.0. The van der Waals surface area contributed by atoms with Crippen molar-refractivity contribution in [1.82, 2.24) is 4.98 Å². The maximum atomic E-state index is 12.9. The van der Waals surface area contributed by atoms with E-state index >= 15 is 0 Å². The van der Waals surface area contributed by atoms with Crippen LogP contribution in [0.15, 0.2) is 42.5 Å². The Morgan fingerprint density at radius 2 is 1.89 bits per heavy atom. The van der Waals surface area contributed by atoms with E-state index in [9.17, 15) is 24.3 Å². The number of hydrogen-bond acceptors (Lipinski definition) is 5. The van der Waals surface area contributed by atoms with Gasteiger partial charge in [-0.05, 0) is 73.4 Å². The van der Waals surface area contributed by atoms with Crippen LogP contribution in [0.5, 0.6) is 5.75 Å². The third-order valence-corrected chi connectivity index (χ3v) is 6.61. The molecule has 0 atom stereocenters. The Kier molecular flexibility index (Phi) is 6.35. The lowest BCUT2D eigenvalue weighted by Crippen LogP contribution is -2.12. The molecule has 1 aromatic heterocycles. The van der Waals surface area contributed by atoms with Crippen molar-refractivity contribution >= 4 is 46.6 Å². The van der Waals surface area contributed by atoms with Gasteiger partial charge in [0, 0.05) is 52.3 Å². The van der Waals surface area contributed by atoms with Gasteiger partial charge < -0.3 is 25.5 Å². The molecule has 3 aromatic rings. The topological polar surface area (TPSA) is 138 Å². The molecule has 4 N–H and O–H groups in total. The highest BCUT2D eigenvalue weighted by molar-refractivity contribution is 6.35. The monoisotopic (exact) mass is 499 g/mol. The van der Waals surface area contributed by atoms with Crippen LogP contribution >= 0.6 is 0 Å². The van der Waals surface area contributed by atoms with Crippen LogP contribution in [0.4, 0.5) is 11.4 Å². The van der Waals surface area contributed by atoms with Crippen LogP contribution in [0.2, 0.25) is 0 Å². The number of carbonyl (C=O) groups excluding carboxylic acids is 3. The van der Waals surface area contributed by atoms with Crippen LogP contribution in [-0.4, -0.2) is 40.8 Å². The number of benzene rings is 2. The lowest BCUT2D eigenvalue weighted by atomic mass is 9.91. The van der Waals surface area contributed by atoms with Gasteiger partial charge in [0.1, 0.15) is 5.75 Å². The van der Waals surface area contributed by atoms with Crippen molar-refractivity contribution in [3.8, 4) is 5.75 Å². The quantitative estimate of drug-likeness (QED) is 0.358. The number of fused-ring (bicyclic) bond motifs is 2. The van der Waals surface area contributed by atoms with Gasteiger partial charge in [-0.15, -0.1) is 0 Å². The highest BCUT2D eigenvalue weighted by atomic mass is 16.5. The number of amides is 2. The lowest BCUT2D eigenvalue weighted by Gasteiger charge is -2.11. The van der Waals surface area contributed by atoms with Gasteiger partial charge >= 0.3 is 5.97 Å². The van der Waals surface area contributed by atoms with E-state index in [1.165, 1.54) is 0 Å². The molecule has 0 spiro atoms. The van der Waals surface area contributed by atoms with Crippen LogP contribution in [0, 0.1) is 0 Å². The number of hydrogen-bond donors (Lipinski definition) is 4. The Balaban J connectivity index is 1.48.